The molecule has 1 atom stereocenters. The molecule has 0 aromatic rings. The van der Waals surface area contributed by atoms with Gasteiger partial charge in [0.05, 0.1) is 6.04 Å². The Morgan fingerprint density at radius 3 is 2.60 bits per heavy atom. The van der Waals surface area contributed by atoms with Gasteiger partial charge in [-0.2, -0.15) is 11.8 Å². The van der Waals surface area contributed by atoms with Crippen molar-refractivity contribution < 1.29 is 0 Å². The molecule has 10 heavy (non-hydrogen) atoms. The van der Waals surface area contributed by atoms with Gasteiger partial charge in [-0.25, -0.2) is 0 Å². The van der Waals surface area contributed by atoms with E-state index in [-0.39, 0.29) is 0 Å². The molecular weight excluding hydrogens is 142 g/mol. The van der Waals surface area contributed by atoms with Crippen molar-refractivity contribution in [2.24, 2.45) is 0 Å². The van der Waals surface area contributed by atoms with Crippen LogP contribution in [0.3, 0.4) is 0 Å². The summed E-state index contributed by atoms with van der Waals surface area (Å²) in [4.78, 5) is 2.36. The maximum Gasteiger partial charge on any atom is 0.0683 e. The van der Waals surface area contributed by atoms with Crippen LogP contribution in [-0.2, 0) is 0 Å². The summed E-state index contributed by atoms with van der Waals surface area (Å²) in [7, 11) is 0. The van der Waals surface area contributed by atoms with Gasteiger partial charge in [-0.1, -0.05) is 5.92 Å². The van der Waals surface area contributed by atoms with E-state index in [4.69, 9.17) is 6.42 Å². The van der Waals surface area contributed by atoms with Crippen LogP contribution in [0.5, 0.6) is 0 Å². The minimum absolute atomic E-state index is 0.334. The molecule has 2 heteroatoms. The van der Waals surface area contributed by atoms with E-state index in [9.17, 15) is 0 Å². The molecule has 0 aromatic heterocycles. The zero-order chi connectivity index (χ0) is 7.40. The van der Waals surface area contributed by atoms with Crippen molar-refractivity contribution >= 4 is 11.8 Å². The highest BCUT2D eigenvalue weighted by Gasteiger charge is 2.13. The van der Waals surface area contributed by atoms with E-state index in [2.05, 4.69) is 17.7 Å². The lowest BCUT2D eigenvalue weighted by Crippen LogP contribution is -2.38. The fourth-order valence-electron chi connectivity index (χ4n) is 1.07. The van der Waals surface area contributed by atoms with Gasteiger partial charge >= 0.3 is 0 Å². The summed E-state index contributed by atoms with van der Waals surface area (Å²) in [6, 6.07) is 0.334. The molecule has 1 aliphatic heterocycles. The Morgan fingerprint density at radius 2 is 2.10 bits per heavy atom. The van der Waals surface area contributed by atoms with Crippen molar-refractivity contribution in [3.05, 3.63) is 0 Å². The van der Waals surface area contributed by atoms with Crippen LogP contribution < -0.4 is 0 Å². The van der Waals surface area contributed by atoms with Crippen LogP contribution in [0.4, 0.5) is 0 Å². The molecule has 1 aliphatic rings. The molecule has 1 rings (SSSR count). The fourth-order valence-corrected chi connectivity index (χ4v) is 2.00. The average molecular weight is 155 g/mol. The highest BCUT2D eigenvalue weighted by atomic mass is 32.2. The molecule has 0 aromatic carbocycles. The molecular formula is C8H13NS. The minimum Gasteiger partial charge on any atom is -0.288 e. The van der Waals surface area contributed by atoms with E-state index in [1.54, 1.807) is 0 Å². The Morgan fingerprint density at radius 1 is 1.50 bits per heavy atom. The quantitative estimate of drug-likeness (QED) is 0.521. The number of thioether (sulfide) groups is 1. The van der Waals surface area contributed by atoms with Gasteiger partial charge in [-0.05, 0) is 6.92 Å². The zero-order valence-electron chi connectivity index (χ0n) is 6.34. The molecule has 0 radical (unpaired) electrons. The van der Waals surface area contributed by atoms with Crippen LogP contribution in [-0.4, -0.2) is 35.5 Å². The summed E-state index contributed by atoms with van der Waals surface area (Å²) >= 11 is 2.02. The third kappa shape index (κ3) is 1.93. The topological polar surface area (TPSA) is 3.24 Å². The van der Waals surface area contributed by atoms with Crippen LogP contribution >= 0.6 is 11.8 Å². The molecule has 0 aliphatic carbocycles. The Balaban J connectivity index is 2.33. The van der Waals surface area contributed by atoms with Crippen molar-refractivity contribution in [1.82, 2.24) is 4.90 Å². The fraction of sp³-hybridized carbons (Fsp3) is 0.750. The predicted molar refractivity (Wildman–Crippen MR) is 47.2 cm³/mol. The number of terminal acetylenes is 1. The van der Waals surface area contributed by atoms with Gasteiger partial charge in [0.1, 0.15) is 0 Å². The number of hydrogen-bond donors (Lipinski definition) is 0. The summed E-state index contributed by atoms with van der Waals surface area (Å²) in [5.74, 6) is 5.24. The predicted octanol–water partition coefficient (Wildman–Crippen LogP) is 1.06. The smallest absolute Gasteiger partial charge is 0.0683 e. The average Bonchev–Trinajstić information content (AvgIpc) is 2.05. The molecule has 0 bridgehead atoms. The SMILES string of the molecule is C#CC(C)N1CCSCC1. The number of hydrogen-bond acceptors (Lipinski definition) is 2. The molecule has 0 amide bonds. The lowest BCUT2D eigenvalue weighted by molar-refractivity contribution is 0.274. The molecule has 1 unspecified atom stereocenters. The van der Waals surface area contributed by atoms with Crippen molar-refractivity contribution in [2.45, 2.75) is 13.0 Å². The summed E-state index contributed by atoms with van der Waals surface area (Å²) in [5.41, 5.74) is 0. The molecule has 0 spiro atoms. The Labute approximate surface area is 67.2 Å². The van der Waals surface area contributed by atoms with Crippen LogP contribution in [0, 0.1) is 12.3 Å². The second-order valence-corrected chi connectivity index (χ2v) is 3.72. The number of rotatable bonds is 1. The van der Waals surface area contributed by atoms with E-state index in [1.807, 2.05) is 11.8 Å². The summed E-state index contributed by atoms with van der Waals surface area (Å²) in [6.07, 6.45) is 5.30. The van der Waals surface area contributed by atoms with E-state index in [0.717, 1.165) is 13.1 Å². The third-order valence-electron chi connectivity index (χ3n) is 1.83. The molecule has 56 valence electrons. The van der Waals surface area contributed by atoms with Crippen LogP contribution in [0.25, 0.3) is 0 Å². The lowest BCUT2D eigenvalue weighted by atomic mass is 10.3. The second-order valence-electron chi connectivity index (χ2n) is 2.49. The first-order chi connectivity index (χ1) is 4.84. The largest absolute Gasteiger partial charge is 0.288 e. The Hall–Kier alpha value is -0.130. The van der Waals surface area contributed by atoms with Gasteiger partial charge in [0, 0.05) is 24.6 Å². The first-order valence-corrected chi connectivity index (χ1v) is 4.78. The maximum atomic E-state index is 5.30. The summed E-state index contributed by atoms with van der Waals surface area (Å²) in [5, 5.41) is 0. The van der Waals surface area contributed by atoms with Crippen LogP contribution in [0.2, 0.25) is 0 Å². The second kappa shape index (κ2) is 3.90. The summed E-state index contributed by atoms with van der Waals surface area (Å²) in [6.45, 7) is 4.42. The lowest BCUT2D eigenvalue weighted by Gasteiger charge is -2.28. The third-order valence-corrected chi connectivity index (χ3v) is 2.78. The molecule has 1 fully saturated rings. The highest BCUT2D eigenvalue weighted by molar-refractivity contribution is 7.99. The van der Waals surface area contributed by atoms with Crippen molar-refractivity contribution in [1.29, 1.82) is 0 Å². The Kier molecular flexibility index (Phi) is 3.11. The minimum atomic E-state index is 0.334. The standard InChI is InChI=1S/C8H13NS/c1-3-8(2)9-4-6-10-7-5-9/h1,8H,4-7H2,2H3. The highest BCUT2D eigenvalue weighted by Crippen LogP contribution is 2.11. The normalized spacial score (nSPS) is 23.6. The van der Waals surface area contributed by atoms with Crippen molar-refractivity contribution in [2.75, 3.05) is 24.6 Å². The molecule has 1 heterocycles. The van der Waals surface area contributed by atoms with Gasteiger partial charge in [0.15, 0.2) is 0 Å². The molecule has 1 nitrogen and oxygen atoms in total. The van der Waals surface area contributed by atoms with Gasteiger partial charge in [-0.3, -0.25) is 4.90 Å². The zero-order valence-corrected chi connectivity index (χ0v) is 7.16. The monoisotopic (exact) mass is 155 g/mol. The van der Waals surface area contributed by atoms with Gasteiger partial charge < -0.3 is 0 Å². The molecule has 0 N–H and O–H groups in total. The van der Waals surface area contributed by atoms with Gasteiger partial charge in [0.25, 0.3) is 0 Å². The van der Waals surface area contributed by atoms with Gasteiger partial charge in [0.2, 0.25) is 0 Å². The maximum absolute atomic E-state index is 5.30. The van der Waals surface area contributed by atoms with Gasteiger partial charge in [-0.15, -0.1) is 6.42 Å². The van der Waals surface area contributed by atoms with Crippen LogP contribution in [0.1, 0.15) is 6.92 Å². The summed E-state index contributed by atoms with van der Waals surface area (Å²) < 4.78 is 0. The van der Waals surface area contributed by atoms with Crippen LogP contribution in [0.15, 0.2) is 0 Å². The van der Waals surface area contributed by atoms with Crippen molar-refractivity contribution in [3.8, 4) is 12.3 Å². The number of nitrogens with zero attached hydrogens (tertiary/aromatic N) is 1. The molecule has 1 saturated heterocycles. The van der Waals surface area contributed by atoms with E-state index < -0.39 is 0 Å². The first-order valence-electron chi connectivity index (χ1n) is 3.62. The van der Waals surface area contributed by atoms with E-state index in [0.29, 0.717) is 6.04 Å². The first kappa shape index (κ1) is 7.97. The van der Waals surface area contributed by atoms with E-state index in [1.165, 1.54) is 11.5 Å². The Bertz CT molecular complexity index is 133. The van der Waals surface area contributed by atoms with E-state index >= 15 is 0 Å². The van der Waals surface area contributed by atoms with Crippen molar-refractivity contribution in [3.63, 3.8) is 0 Å². The molecule has 0 saturated carbocycles.